The van der Waals surface area contributed by atoms with Crippen LogP contribution < -0.4 is 0 Å². The van der Waals surface area contributed by atoms with Crippen molar-refractivity contribution in [3.63, 3.8) is 0 Å². The van der Waals surface area contributed by atoms with E-state index in [1.165, 1.54) is 16.4 Å². The minimum atomic E-state index is -3.58. The normalized spacial score (nSPS) is 26.9. The fourth-order valence-corrected chi connectivity index (χ4v) is 5.12. The Morgan fingerprint density at radius 2 is 1.65 bits per heavy atom. The Morgan fingerprint density at radius 1 is 1.15 bits per heavy atom. The van der Waals surface area contributed by atoms with Crippen molar-refractivity contribution >= 4 is 10.0 Å². The maximum absolute atomic E-state index is 13.3. The van der Waals surface area contributed by atoms with Crippen LogP contribution in [0.5, 0.6) is 0 Å². The molecule has 6 heteroatoms. The van der Waals surface area contributed by atoms with Crippen LogP contribution in [0.15, 0.2) is 17.0 Å². The first kappa shape index (κ1) is 14.0. The summed E-state index contributed by atoms with van der Waals surface area (Å²) in [7, 11) is -3.58. The number of morpholine rings is 1. The van der Waals surface area contributed by atoms with Crippen LogP contribution >= 0.6 is 0 Å². The smallest absolute Gasteiger partial charge is 0.243 e. The molecule has 2 saturated heterocycles. The molecule has 2 heterocycles. The Kier molecular flexibility index (Phi) is 3.35. The second-order valence-corrected chi connectivity index (χ2v) is 7.52. The van der Waals surface area contributed by atoms with Crippen LogP contribution in [0.2, 0.25) is 0 Å². The fraction of sp³-hybridized carbons (Fsp3) is 0.571. The predicted octanol–water partition coefficient (Wildman–Crippen LogP) is 1.99. The van der Waals surface area contributed by atoms with Gasteiger partial charge >= 0.3 is 0 Å². The lowest BCUT2D eigenvalue weighted by Gasteiger charge is -2.32. The lowest BCUT2D eigenvalue weighted by Crippen LogP contribution is -2.46. The van der Waals surface area contributed by atoms with Crippen LogP contribution in [0, 0.1) is 19.7 Å². The SMILES string of the molecule is Cc1cc(F)cc(C)c1S(=O)(=O)N1CC2CCC(C1)O2. The molecule has 3 rings (SSSR count). The van der Waals surface area contributed by atoms with Gasteiger partial charge in [-0.05, 0) is 49.9 Å². The molecule has 2 aliphatic heterocycles. The van der Waals surface area contributed by atoms with Gasteiger partial charge in [0.15, 0.2) is 0 Å². The number of fused-ring (bicyclic) bond motifs is 2. The molecule has 2 fully saturated rings. The summed E-state index contributed by atoms with van der Waals surface area (Å²) in [4.78, 5) is 0.236. The Balaban J connectivity index is 2.00. The third kappa shape index (κ3) is 2.25. The Labute approximate surface area is 118 Å². The average Bonchev–Trinajstić information content (AvgIpc) is 2.66. The summed E-state index contributed by atoms with van der Waals surface area (Å²) in [5.41, 5.74) is 0.919. The van der Waals surface area contributed by atoms with Crippen molar-refractivity contribution in [1.29, 1.82) is 0 Å². The number of hydrogen-bond acceptors (Lipinski definition) is 3. The molecule has 0 spiro atoms. The van der Waals surface area contributed by atoms with Crippen molar-refractivity contribution in [1.82, 2.24) is 4.31 Å². The third-order valence-electron chi connectivity index (χ3n) is 4.03. The van der Waals surface area contributed by atoms with Gasteiger partial charge in [-0.2, -0.15) is 4.31 Å². The van der Waals surface area contributed by atoms with E-state index >= 15 is 0 Å². The Morgan fingerprint density at radius 3 is 2.15 bits per heavy atom. The van der Waals surface area contributed by atoms with Crippen LogP contribution in [-0.2, 0) is 14.8 Å². The number of ether oxygens (including phenoxy) is 1. The molecule has 0 saturated carbocycles. The summed E-state index contributed by atoms with van der Waals surface area (Å²) in [6, 6.07) is 2.55. The molecule has 0 N–H and O–H groups in total. The van der Waals surface area contributed by atoms with Crippen molar-refractivity contribution in [3.05, 3.63) is 29.1 Å². The summed E-state index contributed by atoms with van der Waals surface area (Å²) in [6.07, 6.45) is 1.84. The Hall–Kier alpha value is -0.980. The first-order chi connectivity index (χ1) is 9.38. The zero-order chi connectivity index (χ0) is 14.5. The first-order valence-corrected chi connectivity index (χ1v) is 8.24. The number of aryl methyl sites for hydroxylation is 2. The van der Waals surface area contributed by atoms with Crippen molar-refractivity contribution in [2.24, 2.45) is 0 Å². The molecule has 110 valence electrons. The van der Waals surface area contributed by atoms with E-state index in [0.717, 1.165) is 12.8 Å². The van der Waals surface area contributed by atoms with Gasteiger partial charge in [-0.15, -0.1) is 0 Å². The molecular formula is C14H18FNO3S. The second-order valence-electron chi connectivity index (χ2n) is 5.65. The molecule has 1 aromatic rings. The van der Waals surface area contributed by atoms with E-state index in [2.05, 4.69) is 0 Å². The lowest BCUT2D eigenvalue weighted by atomic mass is 10.1. The molecule has 0 aromatic heterocycles. The zero-order valence-electron chi connectivity index (χ0n) is 11.6. The Bertz CT molecular complexity index is 609. The molecule has 20 heavy (non-hydrogen) atoms. The summed E-state index contributed by atoms with van der Waals surface area (Å²) in [5.74, 6) is -0.402. The zero-order valence-corrected chi connectivity index (χ0v) is 12.4. The average molecular weight is 299 g/mol. The molecule has 2 atom stereocenters. The van der Waals surface area contributed by atoms with E-state index in [1.54, 1.807) is 13.8 Å². The number of sulfonamides is 1. The monoisotopic (exact) mass is 299 g/mol. The maximum atomic E-state index is 13.3. The fourth-order valence-electron chi connectivity index (χ4n) is 3.21. The number of hydrogen-bond donors (Lipinski definition) is 0. The molecule has 0 amide bonds. The van der Waals surface area contributed by atoms with Gasteiger partial charge in [-0.25, -0.2) is 12.8 Å². The number of rotatable bonds is 2. The number of benzene rings is 1. The standard InChI is InChI=1S/C14H18FNO3S/c1-9-5-11(15)6-10(2)14(9)20(17,18)16-7-12-3-4-13(8-16)19-12/h5-6,12-13H,3-4,7-8H2,1-2H3. The van der Waals surface area contributed by atoms with Crippen LogP contribution in [-0.4, -0.2) is 38.0 Å². The van der Waals surface area contributed by atoms with Crippen molar-refractivity contribution in [2.45, 2.75) is 43.8 Å². The van der Waals surface area contributed by atoms with Crippen LogP contribution in [0.4, 0.5) is 4.39 Å². The van der Waals surface area contributed by atoms with Gasteiger partial charge in [-0.3, -0.25) is 0 Å². The van der Waals surface area contributed by atoms with E-state index in [4.69, 9.17) is 4.74 Å². The summed E-state index contributed by atoms with van der Waals surface area (Å²) in [6.45, 7) is 4.07. The highest BCUT2D eigenvalue weighted by atomic mass is 32.2. The van der Waals surface area contributed by atoms with Crippen LogP contribution in [0.1, 0.15) is 24.0 Å². The third-order valence-corrected chi connectivity index (χ3v) is 6.17. The minimum absolute atomic E-state index is 0.00425. The van der Waals surface area contributed by atoms with Crippen molar-refractivity contribution in [2.75, 3.05) is 13.1 Å². The lowest BCUT2D eigenvalue weighted by molar-refractivity contribution is -0.0114. The van der Waals surface area contributed by atoms with Crippen molar-refractivity contribution in [3.8, 4) is 0 Å². The van der Waals surface area contributed by atoms with E-state index in [1.807, 2.05) is 0 Å². The minimum Gasteiger partial charge on any atom is -0.372 e. The summed E-state index contributed by atoms with van der Waals surface area (Å²) >= 11 is 0. The predicted molar refractivity (Wildman–Crippen MR) is 72.5 cm³/mol. The van der Waals surface area contributed by atoms with Gasteiger partial charge in [0.05, 0.1) is 17.1 Å². The van der Waals surface area contributed by atoms with Gasteiger partial charge < -0.3 is 4.74 Å². The second kappa shape index (κ2) is 4.79. The van der Waals surface area contributed by atoms with Crippen molar-refractivity contribution < 1.29 is 17.5 Å². The van der Waals surface area contributed by atoms with Gasteiger partial charge in [0.25, 0.3) is 0 Å². The largest absolute Gasteiger partial charge is 0.372 e. The quantitative estimate of drug-likeness (QED) is 0.839. The molecule has 2 aliphatic rings. The topological polar surface area (TPSA) is 46.6 Å². The van der Waals surface area contributed by atoms with E-state index < -0.39 is 15.8 Å². The van der Waals surface area contributed by atoms with E-state index in [9.17, 15) is 12.8 Å². The van der Waals surface area contributed by atoms with Crippen LogP contribution in [0.3, 0.4) is 0 Å². The molecule has 2 bridgehead atoms. The number of halogens is 1. The molecule has 1 aromatic carbocycles. The highest BCUT2D eigenvalue weighted by Crippen LogP contribution is 2.32. The van der Waals surface area contributed by atoms with Gasteiger partial charge in [0.1, 0.15) is 5.82 Å². The maximum Gasteiger partial charge on any atom is 0.243 e. The molecule has 2 unspecified atom stereocenters. The molecule has 0 radical (unpaired) electrons. The highest BCUT2D eigenvalue weighted by Gasteiger charge is 2.40. The molecule has 0 aliphatic carbocycles. The van der Waals surface area contributed by atoms with Gasteiger partial charge in [-0.1, -0.05) is 0 Å². The molecule has 4 nitrogen and oxygen atoms in total. The van der Waals surface area contributed by atoms with Crippen LogP contribution in [0.25, 0.3) is 0 Å². The highest BCUT2D eigenvalue weighted by molar-refractivity contribution is 7.89. The summed E-state index contributed by atoms with van der Waals surface area (Å²) < 4.78 is 46.1. The van der Waals surface area contributed by atoms with Gasteiger partial charge in [0.2, 0.25) is 10.0 Å². The first-order valence-electron chi connectivity index (χ1n) is 6.80. The van der Waals surface area contributed by atoms with E-state index in [-0.39, 0.29) is 17.1 Å². The number of nitrogens with zero attached hydrogens (tertiary/aromatic N) is 1. The van der Waals surface area contributed by atoms with Gasteiger partial charge in [0, 0.05) is 13.1 Å². The molecular weight excluding hydrogens is 281 g/mol. The van der Waals surface area contributed by atoms with E-state index in [0.29, 0.717) is 24.2 Å². The summed E-state index contributed by atoms with van der Waals surface area (Å²) in [5, 5.41) is 0.